The molecule has 2 aromatic rings. The van der Waals surface area contributed by atoms with Crippen LogP contribution in [0.1, 0.15) is 69.4 Å². The lowest BCUT2D eigenvalue weighted by molar-refractivity contribution is -0.350. The third-order valence-electron chi connectivity index (χ3n) is 12.5. The van der Waals surface area contributed by atoms with E-state index in [9.17, 15) is 44.1 Å². The Morgan fingerprint density at radius 1 is 1.02 bits per heavy atom. The lowest BCUT2D eigenvalue weighted by Crippen LogP contribution is -2.82. The number of hydrogen-bond acceptors (Lipinski definition) is 14. The molecule has 3 unspecified atom stereocenters. The van der Waals surface area contributed by atoms with Gasteiger partial charge in [-0.2, -0.15) is 0 Å². The Labute approximate surface area is 313 Å². The van der Waals surface area contributed by atoms with Crippen molar-refractivity contribution >= 4 is 43.1 Å². The van der Waals surface area contributed by atoms with Gasteiger partial charge in [0.25, 0.3) is 7.41 Å². The first kappa shape index (κ1) is 39.4. The SMILES string of the molecule is CC(=O)O[C@@]12CO[C@@H]1C[C@H](O)[C@@]1(C)C(=O)C(=O)C3C(C)[C@@H](OC(=O)[C@H](O)[C@@H](N[B]C=O)c4ccccc4)C[C@@](O)([C@@H](OC(=O)c4ccccc4)C12)C3(C)C. The number of rotatable bonds is 10. The van der Waals surface area contributed by atoms with Gasteiger partial charge in [0.2, 0.25) is 11.6 Å². The smallest absolute Gasteiger partial charge is 0.338 e. The van der Waals surface area contributed by atoms with Crippen LogP contribution in [0.15, 0.2) is 60.7 Å². The van der Waals surface area contributed by atoms with E-state index in [0.29, 0.717) is 11.7 Å². The van der Waals surface area contributed by atoms with Crippen LogP contribution in [0.3, 0.4) is 0 Å². The second-order valence-corrected chi connectivity index (χ2v) is 15.7. The van der Waals surface area contributed by atoms with Crippen molar-refractivity contribution in [1.82, 2.24) is 5.23 Å². The molecule has 0 aromatic heterocycles. The fourth-order valence-electron chi connectivity index (χ4n) is 9.60. The number of nitrogens with one attached hydrogen (secondary N) is 1. The molecule has 1 heterocycles. The van der Waals surface area contributed by atoms with Crippen molar-refractivity contribution in [2.24, 2.45) is 28.6 Å². The van der Waals surface area contributed by atoms with E-state index in [0.717, 1.165) is 14.3 Å². The summed E-state index contributed by atoms with van der Waals surface area (Å²) in [5.41, 5.74) is -7.16. The maximum Gasteiger partial charge on any atom is 0.338 e. The van der Waals surface area contributed by atoms with Gasteiger partial charge in [-0.1, -0.05) is 69.3 Å². The Morgan fingerprint density at radius 2 is 1.65 bits per heavy atom. The van der Waals surface area contributed by atoms with Gasteiger partial charge in [0, 0.05) is 37.0 Å². The van der Waals surface area contributed by atoms with Crippen molar-refractivity contribution in [2.75, 3.05) is 6.61 Å². The number of ketones is 2. The van der Waals surface area contributed by atoms with Crippen molar-refractivity contribution in [3.05, 3.63) is 71.8 Å². The first-order valence-electron chi connectivity index (χ1n) is 18.0. The minimum Gasteiger partial charge on any atom is -0.460 e. The standard InChI is InChI=1S/C39H45BNO13/c1-20-24(52-35(49)30(46)28(41-40-19-42)22-12-8-6-9-13-22)17-39(50)33(53-34(48)23-14-10-7-11-15-23)31-37(5,32(47)29(45)27(20)36(39,3)4)25(44)16-26-38(31,18-51-26)54-21(2)43/h6-15,19-20,24-28,30-31,33,41,44,46,50H,16-18H2,1-5H3/t20?,24-,25-,26+,27?,28-,30+,31?,33-,37+,38-,39+/m0/s1. The second kappa shape index (κ2) is 14.4. The largest absolute Gasteiger partial charge is 0.460 e. The summed E-state index contributed by atoms with van der Waals surface area (Å²) in [6.07, 6.45) is -7.80. The minimum absolute atomic E-state index is 0.0859. The summed E-state index contributed by atoms with van der Waals surface area (Å²) in [4.78, 5) is 81.3. The number of aliphatic hydroxyl groups excluding tert-OH is 2. The van der Waals surface area contributed by atoms with Gasteiger partial charge in [-0.3, -0.25) is 14.4 Å². The summed E-state index contributed by atoms with van der Waals surface area (Å²) in [6, 6.07) is 15.0. The van der Waals surface area contributed by atoms with E-state index in [-0.39, 0.29) is 18.6 Å². The van der Waals surface area contributed by atoms with Gasteiger partial charge in [-0.15, -0.1) is 0 Å². The molecule has 3 aliphatic carbocycles. The van der Waals surface area contributed by atoms with Crippen LogP contribution in [0.2, 0.25) is 0 Å². The van der Waals surface area contributed by atoms with Crippen molar-refractivity contribution < 1.29 is 63.0 Å². The van der Waals surface area contributed by atoms with E-state index in [4.69, 9.17) is 18.9 Å². The molecule has 0 amide bonds. The third kappa shape index (κ3) is 6.10. The maximum absolute atomic E-state index is 14.8. The minimum atomic E-state index is -2.32. The Balaban J connectivity index is 1.49. The molecule has 1 aliphatic heterocycles. The number of fused-ring (bicyclic) bond motifs is 5. The zero-order chi connectivity index (χ0) is 39.4. The van der Waals surface area contributed by atoms with Crippen LogP contribution in [-0.4, -0.2) is 107 Å². The van der Waals surface area contributed by atoms with Crippen molar-refractivity contribution in [2.45, 2.75) is 95.2 Å². The molecule has 4 aliphatic rings. The van der Waals surface area contributed by atoms with Crippen LogP contribution in [0.25, 0.3) is 0 Å². The summed E-state index contributed by atoms with van der Waals surface area (Å²) in [7, 11) is 1.02. The summed E-state index contributed by atoms with van der Waals surface area (Å²) in [5.74, 6) is -8.70. The molecule has 4 N–H and O–H groups in total. The van der Waals surface area contributed by atoms with Crippen LogP contribution in [0.4, 0.5) is 0 Å². The number of hydrogen-bond donors (Lipinski definition) is 4. The molecule has 287 valence electrons. The van der Waals surface area contributed by atoms with Gasteiger partial charge < -0.3 is 44.3 Å². The predicted molar refractivity (Wildman–Crippen MR) is 189 cm³/mol. The Bertz CT molecular complexity index is 1810. The van der Waals surface area contributed by atoms with Gasteiger partial charge in [0.1, 0.15) is 23.9 Å². The number of esters is 3. The molecular weight excluding hydrogens is 701 g/mol. The summed E-state index contributed by atoms with van der Waals surface area (Å²) in [5, 5.41) is 39.1. The highest BCUT2D eigenvalue weighted by molar-refractivity contribution is 6.64. The third-order valence-corrected chi connectivity index (χ3v) is 12.5. The molecule has 6 rings (SSSR count). The highest BCUT2D eigenvalue weighted by atomic mass is 16.6. The molecule has 4 fully saturated rings. The van der Waals surface area contributed by atoms with Crippen LogP contribution in [0.5, 0.6) is 0 Å². The summed E-state index contributed by atoms with van der Waals surface area (Å²) < 4.78 is 24.0. The zero-order valence-corrected chi connectivity index (χ0v) is 30.7. The number of benzene rings is 2. The fourth-order valence-corrected chi connectivity index (χ4v) is 9.60. The zero-order valence-electron chi connectivity index (χ0n) is 30.7. The van der Waals surface area contributed by atoms with E-state index < -0.39 is 112 Å². The van der Waals surface area contributed by atoms with Gasteiger partial charge >= 0.3 is 17.9 Å². The highest BCUT2D eigenvalue weighted by Gasteiger charge is 2.79. The van der Waals surface area contributed by atoms with Gasteiger partial charge in [0.15, 0.2) is 11.7 Å². The molecule has 1 radical (unpaired) electrons. The Hall–Kier alpha value is -4.28. The maximum atomic E-state index is 14.8. The van der Waals surface area contributed by atoms with Crippen molar-refractivity contribution in [3.8, 4) is 0 Å². The first-order valence-corrected chi connectivity index (χ1v) is 18.0. The quantitative estimate of drug-likeness (QED) is 0.0888. The molecule has 14 nitrogen and oxygen atoms in total. The predicted octanol–water partition coefficient (Wildman–Crippen LogP) is 1.28. The lowest BCUT2D eigenvalue weighted by atomic mass is 9.42. The lowest BCUT2D eigenvalue weighted by Gasteiger charge is -2.67. The summed E-state index contributed by atoms with van der Waals surface area (Å²) >= 11 is 0. The number of carbonyl (C=O) groups is 6. The molecular formula is C39H45BNO13. The number of Topliss-reactive ketones (excluding diaryl/α,β-unsaturated/α-hetero) is 2. The van der Waals surface area contributed by atoms with E-state index in [1.807, 2.05) is 0 Å². The Morgan fingerprint density at radius 3 is 2.22 bits per heavy atom. The first-order chi connectivity index (χ1) is 25.5. The van der Waals surface area contributed by atoms with Crippen molar-refractivity contribution in [1.29, 1.82) is 0 Å². The van der Waals surface area contributed by atoms with E-state index >= 15 is 0 Å². The molecule has 1 saturated heterocycles. The Kier molecular flexibility index (Phi) is 10.5. The van der Waals surface area contributed by atoms with E-state index in [2.05, 4.69) is 5.23 Å². The number of carbonyl (C=O) groups excluding carboxylic acids is 6. The highest BCUT2D eigenvalue weighted by Crippen LogP contribution is 2.64. The van der Waals surface area contributed by atoms with Gasteiger partial charge in [0.05, 0.1) is 41.8 Å². The van der Waals surface area contributed by atoms with Crippen LogP contribution < -0.4 is 5.23 Å². The molecule has 3 saturated carbocycles. The average Bonchev–Trinajstić information content (AvgIpc) is 3.13. The average molecular weight is 747 g/mol. The molecule has 0 spiro atoms. The molecule has 12 atom stereocenters. The molecule has 15 heteroatoms. The monoisotopic (exact) mass is 746 g/mol. The van der Waals surface area contributed by atoms with Crippen molar-refractivity contribution in [3.63, 3.8) is 0 Å². The van der Waals surface area contributed by atoms with E-state index in [1.54, 1.807) is 69.3 Å². The normalized spacial score (nSPS) is 36.3. The fraction of sp³-hybridized carbons (Fsp3) is 0.538. The van der Waals surface area contributed by atoms with Crippen LogP contribution in [0, 0.1) is 28.6 Å². The van der Waals surface area contributed by atoms with E-state index in [1.165, 1.54) is 19.1 Å². The van der Waals surface area contributed by atoms with Gasteiger partial charge in [-0.25, -0.2) is 9.59 Å². The molecule has 2 bridgehead atoms. The number of ether oxygens (including phenoxy) is 4. The van der Waals surface area contributed by atoms with Gasteiger partial charge in [-0.05, 0) is 24.6 Å². The number of aliphatic hydroxyl groups is 3. The molecule has 2 aromatic carbocycles. The van der Waals surface area contributed by atoms with Crippen LogP contribution in [-0.2, 0) is 42.9 Å². The second-order valence-electron chi connectivity index (χ2n) is 15.7. The summed E-state index contributed by atoms with van der Waals surface area (Å²) in [6.45, 7) is 6.89. The topological polar surface area (TPSA) is 212 Å². The van der Waals surface area contributed by atoms with Crippen LogP contribution >= 0.6 is 0 Å². The molecule has 54 heavy (non-hydrogen) atoms.